The van der Waals surface area contributed by atoms with Gasteiger partial charge in [-0.25, -0.2) is 0 Å². The van der Waals surface area contributed by atoms with E-state index in [1.165, 1.54) is 96.3 Å². The van der Waals surface area contributed by atoms with Gasteiger partial charge in [0.1, 0.15) is 12.6 Å². The summed E-state index contributed by atoms with van der Waals surface area (Å²) in [7, 11) is 5.40. The van der Waals surface area contributed by atoms with Crippen LogP contribution in [-0.2, 0) is 28.6 Å². The second-order valence-electron chi connectivity index (χ2n) is 14.9. The smallest absolute Gasteiger partial charge is 0.306 e. The summed E-state index contributed by atoms with van der Waals surface area (Å²) in [5.41, 5.74) is 0. The van der Waals surface area contributed by atoms with Gasteiger partial charge in [0.15, 0.2) is 6.10 Å². The molecular formula is C41H77NO7. The molecule has 0 radical (unpaired) electrons. The fourth-order valence-corrected chi connectivity index (χ4v) is 5.95. The van der Waals surface area contributed by atoms with Crippen LogP contribution in [0.1, 0.15) is 181 Å². The minimum atomic E-state index is -1.12. The Kier molecular flexibility index (Phi) is 31.9. The number of carboxylic acids is 1. The van der Waals surface area contributed by atoms with E-state index in [1.54, 1.807) is 21.1 Å². The standard InChI is InChI=1S/C41H77NO7/c1-6-8-10-12-14-16-18-19-20-22-24-26-28-30-32-40(44)49-37(35-47-34-33-38(41(45)46)42(3,4)5)36-48-39(43)31-29-27-25-23-21-17-15-13-11-9-7-2/h18-19,37-38H,6-17,20-36H2,1-5H3/b19-18-. The van der Waals surface area contributed by atoms with Crippen LogP contribution in [0, 0.1) is 0 Å². The van der Waals surface area contributed by atoms with Crippen molar-refractivity contribution in [2.45, 2.75) is 193 Å². The number of rotatable bonds is 36. The second kappa shape index (κ2) is 33.2. The van der Waals surface area contributed by atoms with Gasteiger partial charge in [0.05, 0.1) is 40.3 Å². The van der Waals surface area contributed by atoms with Gasteiger partial charge in [0.25, 0.3) is 0 Å². The van der Waals surface area contributed by atoms with E-state index >= 15 is 0 Å². The highest BCUT2D eigenvalue weighted by Crippen LogP contribution is 2.14. The number of nitrogens with zero attached hydrogens (tertiary/aromatic N) is 1. The average Bonchev–Trinajstić information content (AvgIpc) is 3.05. The summed E-state index contributed by atoms with van der Waals surface area (Å²) in [6, 6.07) is -0.721. The normalized spacial score (nSPS) is 13.1. The van der Waals surface area contributed by atoms with Crippen LogP contribution in [0.2, 0.25) is 0 Å². The molecule has 8 heteroatoms. The Labute approximate surface area is 301 Å². The lowest BCUT2D eigenvalue weighted by Gasteiger charge is -2.34. The average molecular weight is 696 g/mol. The lowest BCUT2D eigenvalue weighted by Crippen LogP contribution is -2.55. The van der Waals surface area contributed by atoms with Crippen molar-refractivity contribution in [3.05, 3.63) is 12.2 Å². The number of carbonyl (C=O) groups excluding carboxylic acids is 3. The maximum atomic E-state index is 12.6. The van der Waals surface area contributed by atoms with Crippen LogP contribution in [-0.4, -0.2) is 75.5 Å². The van der Waals surface area contributed by atoms with Crippen LogP contribution in [0.25, 0.3) is 0 Å². The predicted octanol–water partition coefficient (Wildman–Crippen LogP) is 9.02. The first-order valence-electron chi connectivity index (χ1n) is 20.2. The molecule has 0 aliphatic carbocycles. The molecule has 0 aromatic heterocycles. The SMILES string of the molecule is CCCCCCC/C=C\CCCCCCCC(=O)OC(COCCC(C(=O)[O-])[N+](C)(C)C)COC(=O)CCCCCCCCCCCCC. The summed E-state index contributed by atoms with van der Waals surface area (Å²) in [6.07, 6.45) is 32.3. The van der Waals surface area contributed by atoms with Gasteiger partial charge in [-0.15, -0.1) is 0 Å². The van der Waals surface area contributed by atoms with Gasteiger partial charge in [-0.05, 0) is 38.5 Å². The number of hydrogen-bond donors (Lipinski definition) is 0. The number of likely N-dealkylation sites (N-methyl/N-ethyl adjacent to an activating group) is 1. The summed E-state index contributed by atoms with van der Waals surface area (Å²) in [4.78, 5) is 36.7. The van der Waals surface area contributed by atoms with Crippen molar-refractivity contribution in [2.75, 3.05) is 41.0 Å². The maximum Gasteiger partial charge on any atom is 0.306 e. The molecule has 49 heavy (non-hydrogen) atoms. The number of carboxylic acid groups (broad SMARTS) is 1. The fraction of sp³-hybridized carbons (Fsp3) is 0.878. The van der Waals surface area contributed by atoms with Gasteiger partial charge in [0.2, 0.25) is 0 Å². The molecule has 2 atom stereocenters. The van der Waals surface area contributed by atoms with Crippen molar-refractivity contribution in [1.29, 1.82) is 0 Å². The number of aliphatic carboxylic acids is 1. The van der Waals surface area contributed by atoms with Crippen molar-refractivity contribution in [3.63, 3.8) is 0 Å². The zero-order valence-corrected chi connectivity index (χ0v) is 32.6. The summed E-state index contributed by atoms with van der Waals surface area (Å²) >= 11 is 0. The van der Waals surface area contributed by atoms with E-state index in [9.17, 15) is 19.5 Å². The van der Waals surface area contributed by atoms with E-state index in [1.807, 2.05) is 0 Å². The highest BCUT2D eigenvalue weighted by molar-refractivity contribution is 5.70. The molecule has 0 heterocycles. The van der Waals surface area contributed by atoms with E-state index in [2.05, 4.69) is 26.0 Å². The Bertz CT molecular complexity index is 823. The fourth-order valence-electron chi connectivity index (χ4n) is 5.95. The van der Waals surface area contributed by atoms with Gasteiger partial charge in [-0.3, -0.25) is 9.59 Å². The molecular weight excluding hydrogens is 618 g/mol. The summed E-state index contributed by atoms with van der Waals surface area (Å²) in [6.45, 7) is 4.64. The molecule has 0 saturated carbocycles. The molecule has 0 saturated heterocycles. The summed E-state index contributed by atoms with van der Waals surface area (Å²) in [5, 5.41) is 11.6. The quantitative estimate of drug-likeness (QED) is 0.0279. The Balaban J connectivity index is 4.40. The van der Waals surface area contributed by atoms with E-state index in [-0.39, 0.29) is 42.7 Å². The first kappa shape index (κ1) is 47.1. The van der Waals surface area contributed by atoms with Crippen molar-refractivity contribution in [1.82, 2.24) is 0 Å². The third kappa shape index (κ3) is 31.8. The molecule has 0 amide bonds. The summed E-state index contributed by atoms with van der Waals surface area (Å²) < 4.78 is 17.1. The molecule has 0 aromatic carbocycles. The van der Waals surface area contributed by atoms with Gasteiger partial charge in [-0.1, -0.05) is 135 Å². The summed E-state index contributed by atoms with van der Waals surface area (Å²) in [5.74, 6) is -1.74. The molecule has 0 rings (SSSR count). The largest absolute Gasteiger partial charge is 0.544 e. The molecule has 0 spiro atoms. The number of unbranched alkanes of at least 4 members (excludes halogenated alkanes) is 20. The lowest BCUT2D eigenvalue weighted by molar-refractivity contribution is -0.889. The molecule has 288 valence electrons. The van der Waals surface area contributed by atoms with Crippen LogP contribution in [0.4, 0.5) is 0 Å². The van der Waals surface area contributed by atoms with E-state index in [4.69, 9.17) is 14.2 Å². The molecule has 8 nitrogen and oxygen atoms in total. The van der Waals surface area contributed by atoms with E-state index < -0.39 is 18.1 Å². The lowest BCUT2D eigenvalue weighted by atomic mass is 10.1. The van der Waals surface area contributed by atoms with Crippen LogP contribution in [0.15, 0.2) is 12.2 Å². The highest BCUT2D eigenvalue weighted by atomic mass is 16.6. The van der Waals surface area contributed by atoms with Crippen LogP contribution < -0.4 is 5.11 Å². The minimum absolute atomic E-state index is 0.0423. The number of ether oxygens (including phenoxy) is 3. The molecule has 0 aromatic rings. The number of quaternary nitrogens is 1. The van der Waals surface area contributed by atoms with E-state index in [0.29, 0.717) is 12.8 Å². The zero-order chi connectivity index (χ0) is 36.4. The number of carbonyl (C=O) groups is 3. The minimum Gasteiger partial charge on any atom is -0.544 e. The first-order chi connectivity index (χ1) is 23.6. The van der Waals surface area contributed by atoms with Gasteiger partial charge in [0, 0.05) is 19.3 Å². The molecule has 0 aliphatic heterocycles. The molecule has 0 bridgehead atoms. The Morgan fingerprint density at radius 3 is 1.47 bits per heavy atom. The van der Waals surface area contributed by atoms with Crippen LogP contribution in [0.5, 0.6) is 0 Å². The Morgan fingerprint density at radius 1 is 0.592 bits per heavy atom. The number of allylic oxidation sites excluding steroid dienone is 2. The predicted molar refractivity (Wildman–Crippen MR) is 199 cm³/mol. The van der Waals surface area contributed by atoms with Crippen LogP contribution >= 0.6 is 0 Å². The number of hydrogen-bond acceptors (Lipinski definition) is 7. The topological polar surface area (TPSA) is 102 Å². The van der Waals surface area contributed by atoms with Crippen LogP contribution in [0.3, 0.4) is 0 Å². The molecule has 0 N–H and O–H groups in total. The zero-order valence-electron chi connectivity index (χ0n) is 32.6. The highest BCUT2D eigenvalue weighted by Gasteiger charge is 2.25. The Hall–Kier alpha value is -1.93. The molecule has 2 unspecified atom stereocenters. The van der Waals surface area contributed by atoms with Gasteiger partial charge >= 0.3 is 11.9 Å². The Morgan fingerprint density at radius 2 is 1.02 bits per heavy atom. The molecule has 0 aliphatic rings. The van der Waals surface area contributed by atoms with Gasteiger partial charge in [-0.2, -0.15) is 0 Å². The maximum absolute atomic E-state index is 12.6. The van der Waals surface area contributed by atoms with Crippen molar-refractivity contribution < 1.29 is 38.2 Å². The number of esters is 2. The van der Waals surface area contributed by atoms with Gasteiger partial charge < -0.3 is 28.6 Å². The van der Waals surface area contributed by atoms with Crippen molar-refractivity contribution in [2.24, 2.45) is 0 Å². The molecule has 0 fully saturated rings. The van der Waals surface area contributed by atoms with Crippen molar-refractivity contribution in [3.8, 4) is 0 Å². The monoisotopic (exact) mass is 696 g/mol. The van der Waals surface area contributed by atoms with Crippen molar-refractivity contribution >= 4 is 17.9 Å². The first-order valence-corrected chi connectivity index (χ1v) is 20.2. The van der Waals surface area contributed by atoms with E-state index in [0.717, 1.165) is 51.4 Å². The second-order valence-corrected chi connectivity index (χ2v) is 14.9. The third-order valence-corrected chi connectivity index (χ3v) is 9.15. The third-order valence-electron chi connectivity index (χ3n) is 9.15.